The Kier molecular flexibility index (Phi) is 5.37. The Bertz CT molecular complexity index is 449. The van der Waals surface area contributed by atoms with Crippen molar-refractivity contribution in [2.24, 2.45) is 0 Å². The smallest absolute Gasteiger partial charge is 0.234 e. The van der Waals surface area contributed by atoms with Gasteiger partial charge in [0.1, 0.15) is 0 Å². The number of hydrogen-bond donors (Lipinski definition) is 2. The molecule has 1 heterocycles. The highest BCUT2D eigenvalue weighted by Crippen LogP contribution is 2.20. The van der Waals surface area contributed by atoms with Gasteiger partial charge in [0.05, 0.1) is 12.1 Å². The number of likely N-dealkylation sites (tertiary alicyclic amines) is 1. The molecule has 4 nitrogen and oxygen atoms in total. The van der Waals surface area contributed by atoms with Crippen LogP contribution in [0.3, 0.4) is 0 Å². The highest BCUT2D eigenvalue weighted by atomic mass is 16.3. The number of carbonyl (C=O) groups excluding carboxylic acids is 1. The van der Waals surface area contributed by atoms with Crippen LogP contribution in [0.25, 0.3) is 0 Å². The quantitative estimate of drug-likeness (QED) is 0.869. The van der Waals surface area contributed by atoms with E-state index in [2.05, 4.69) is 29.3 Å². The summed E-state index contributed by atoms with van der Waals surface area (Å²) < 4.78 is 0. The molecule has 0 saturated carbocycles. The molecule has 0 aliphatic carbocycles. The lowest BCUT2D eigenvalue weighted by atomic mass is 9.94. The Balaban J connectivity index is 1.71. The number of benzene rings is 1. The van der Waals surface area contributed by atoms with E-state index in [9.17, 15) is 9.90 Å². The lowest BCUT2D eigenvalue weighted by molar-refractivity contribution is -0.123. The Labute approximate surface area is 127 Å². The minimum absolute atomic E-state index is 0.0688. The van der Waals surface area contributed by atoms with Gasteiger partial charge in [0.25, 0.3) is 0 Å². The largest absolute Gasteiger partial charge is 0.390 e. The first kappa shape index (κ1) is 16.0. The van der Waals surface area contributed by atoms with E-state index >= 15 is 0 Å². The van der Waals surface area contributed by atoms with Crippen LogP contribution in [0.1, 0.15) is 38.2 Å². The molecule has 21 heavy (non-hydrogen) atoms. The zero-order valence-electron chi connectivity index (χ0n) is 13.0. The van der Waals surface area contributed by atoms with Gasteiger partial charge in [-0.25, -0.2) is 0 Å². The summed E-state index contributed by atoms with van der Waals surface area (Å²) in [5, 5.41) is 12.9. The molecule has 2 rings (SSSR count). The van der Waals surface area contributed by atoms with Crippen molar-refractivity contribution in [1.82, 2.24) is 10.2 Å². The predicted octanol–water partition coefficient (Wildman–Crippen LogP) is 1.75. The molecule has 0 spiro atoms. The lowest BCUT2D eigenvalue weighted by Gasteiger charge is -2.35. The molecule has 1 unspecified atom stereocenters. The Morgan fingerprint density at radius 1 is 1.33 bits per heavy atom. The first-order chi connectivity index (χ1) is 9.96. The van der Waals surface area contributed by atoms with Gasteiger partial charge >= 0.3 is 0 Å². The summed E-state index contributed by atoms with van der Waals surface area (Å²) in [5.41, 5.74) is 0.682. The van der Waals surface area contributed by atoms with Gasteiger partial charge < -0.3 is 10.4 Å². The first-order valence-corrected chi connectivity index (χ1v) is 7.73. The van der Waals surface area contributed by atoms with Crippen LogP contribution in [0, 0.1) is 0 Å². The van der Waals surface area contributed by atoms with E-state index in [0.717, 1.165) is 25.9 Å². The fraction of sp³-hybridized carbons (Fsp3) is 0.588. The third-order valence-corrected chi connectivity index (χ3v) is 4.27. The maximum atomic E-state index is 12.0. The van der Waals surface area contributed by atoms with Crippen molar-refractivity contribution < 1.29 is 9.90 Å². The van der Waals surface area contributed by atoms with Gasteiger partial charge in [-0.1, -0.05) is 37.3 Å². The average molecular weight is 290 g/mol. The van der Waals surface area contributed by atoms with Gasteiger partial charge in [-0.05, 0) is 31.2 Å². The summed E-state index contributed by atoms with van der Waals surface area (Å²) >= 11 is 0. The summed E-state index contributed by atoms with van der Waals surface area (Å²) in [5.74, 6) is 0.386. The number of nitrogens with zero attached hydrogens (tertiary/aromatic N) is 1. The minimum atomic E-state index is -0.561. The maximum absolute atomic E-state index is 12.0. The van der Waals surface area contributed by atoms with E-state index in [-0.39, 0.29) is 5.91 Å². The summed E-state index contributed by atoms with van der Waals surface area (Å²) in [6.07, 6.45) is 1.47. The molecular formula is C17H26N2O2. The molecule has 1 aliphatic heterocycles. The molecule has 1 fully saturated rings. The normalized spacial score (nSPS) is 20.0. The second-order valence-electron chi connectivity index (χ2n) is 6.39. The van der Waals surface area contributed by atoms with Crippen LogP contribution >= 0.6 is 0 Å². The second-order valence-corrected chi connectivity index (χ2v) is 6.39. The number of carbonyl (C=O) groups is 1. The number of nitrogens with one attached hydrogen (secondary N) is 1. The summed E-state index contributed by atoms with van der Waals surface area (Å²) in [7, 11) is 0. The first-order valence-electron chi connectivity index (χ1n) is 7.73. The van der Waals surface area contributed by atoms with Crippen LogP contribution in [-0.2, 0) is 4.79 Å². The zero-order valence-corrected chi connectivity index (χ0v) is 13.0. The van der Waals surface area contributed by atoms with Crippen LogP contribution in [-0.4, -0.2) is 47.7 Å². The highest BCUT2D eigenvalue weighted by molar-refractivity contribution is 5.78. The van der Waals surface area contributed by atoms with Crippen molar-refractivity contribution >= 4 is 5.91 Å². The average Bonchev–Trinajstić information content (AvgIpc) is 2.48. The van der Waals surface area contributed by atoms with Crippen LogP contribution in [0.15, 0.2) is 30.3 Å². The predicted molar refractivity (Wildman–Crippen MR) is 84.2 cm³/mol. The van der Waals surface area contributed by atoms with Gasteiger partial charge in [0.15, 0.2) is 0 Å². The topological polar surface area (TPSA) is 52.6 Å². The van der Waals surface area contributed by atoms with E-state index in [1.807, 2.05) is 25.1 Å². The van der Waals surface area contributed by atoms with Gasteiger partial charge in [0.2, 0.25) is 5.91 Å². The van der Waals surface area contributed by atoms with E-state index in [4.69, 9.17) is 0 Å². The second kappa shape index (κ2) is 7.05. The van der Waals surface area contributed by atoms with Crippen LogP contribution in [0.2, 0.25) is 0 Å². The Morgan fingerprint density at radius 2 is 1.95 bits per heavy atom. The van der Waals surface area contributed by atoms with Crippen molar-refractivity contribution in [1.29, 1.82) is 0 Å². The molecule has 1 aromatic carbocycles. The molecular weight excluding hydrogens is 264 g/mol. The Morgan fingerprint density at radius 3 is 2.57 bits per heavy atom. The van der Waals surface area contributed by atoms with Crippen molar-refractivity contribution in [3.63, 3.8) is 0 Å². The monoisotopic (exact) mass is 290 g/mol. The van der Waals surface area contributed by atoms with Crippen LogP contribution in [0.4, 0.5) is 0 Å². The standard InChI is InChI=1S/C17H26N2O2/c1-14(15-6-4-3-5-7-15)12-18-16(20)13-19-10-8-17(2,21)9-11-19/h3-7,14,21H,8-13H2,1-2H3,(H,18,20). The van der Waals surface area contributed by atoms with Gasteiger partial charge in [-0.15, -0.1) is 0 Å². The van der Waals surface area contributed by atoms with E-state index < -0.39 is 5.60 Å². The molecule has 4 heteroatoms. The fourth-order valence-corrected chi connectivity index (χ4v) is 2.62. The van der Waals surface area contributed by atoms with E-state index in [1.54, 1.807) is 0 Å². The molecule has 1 aromatic rings. The lowest BCUT2D eigenvalue weighted by Crippen LogP contribution is -2.46. The molecule has 2 N–H and O–H groups in total. The van der Waals surface area contributed by atoms with E-state index in [0.29, 0.717) is 19.0 Å². The van der Waals surface area contributed by atoms with Crippen molar-refractivity contribution in [2.45, 2.75) is 38.2 Å². The molecule has 1 saturated heterocycles. The number of amides is 1. The van der Waals surface area contributed by atoms with Crippen molar-refractivity contribution in [3.05, 3.63) is 35.9 Å². The molecule has 1 aliphatic rings. The van der Waals surface area contributed by atoms with Crippen molar-refractivity contribution in [2.75, 3.05) is 26.2 Å². The number of piperidine rings is 1. The molecule has 116 valence electrons. The zero-order chi connectivity index (χ0) is 15.3. The molecule has 0 bridgehead atoms. The molecule has 0 aromatic heterocycles. The maximum Gasteiger partial charge on any atom is 0.234 e. The summed E-state index contributed by atoms with van der Waals surface area (Å²) in [6.45, 7) is 6.65. The number of aliphatic hydroxyl groups is 1. The minimum Gasteiger partial charge on any atom is -0.390 e. The third-order valence-electron chi connectivity index (χ3n) is 4.27. The van der Waals surface area contributed by atoms with Crippen molar-refractivity contribution in [3.8, 4) is 0 Å². The van der Waals surface area contributed by atoms with Crippen LogP contribution in [0.5, 0.6) is 0 Å². The third kappa shape index (κ3) is 5.14. The summed E-state index contributed by atoms with van der Waals surface area (Å²) in [4.78, 5) is 14.1. The summed E-state index contributed by atoms with van der Waals surface area (Å²) in [6, 6.07) is 10.2. The SMILES string of the molecule is CC(CNC(=O)CN1CCC(C)(O)CC1)c1ccccc1. The van der Waals surface area contributed by atoms with Gasteiger partial charge in [-0.3, -0.25) is 9.69 Å². The van der Waals surface area contributed by atoms with E-state index in [1.165, 1.54) is 5.56 Å². The van der Waals surface area contributed by atoms with Crippen LogP contribution < -0.4 is 5.32 Å². The van der Waals surface area contributed by atoms with Gasteiger partial charge in [-0.2, -0.15) is 0 Å². The molecule has 1 atom stereocenters. The number of hydrogen-bond acceptors (Lipinski definition) is 3. The van der Waals surface area contributed by atoms with Gasteiger partial charge in [0, 0.05) is 19.6 Å². The highest BCUT2D eigenvalue weighted by Gasteiger charge is 2.27. The Hall–Kier alpha value is -1.39. The number of rotatable bonds is 5. The fourth-order valence-electron chi connectivity index (χ4n) is 2.62. The molecule has 0 radical (unpaired) electrons. The molecule has 1 amide bonds.